The van der Waals surface area contributed by atoms with Crippen molar-refractivity contribution >= 4 is 10.0 Å². The Labute approximate surface area is 131 Å². The zero-order valence-electron chi connectivity index (χ0n) is 13.3. The van der Waals surface area contributed by atoms with Gasteiger partial charge in [0.05, 0.1) is 24.7 Å². The Balaban J connectivity index is 1.66. The van der Waals surface area contributed by atoms with Crippen LogP contribution < -0.4 is 5.73 Å². The molecule has 2 aliphatic heterocycles. The second-order valence-corrected chi connectivity index (χ2v) is 8.58. The Morgan fingerprint density at radius 3 is 2.68 bits per heavy atom. The summed E-state index contributed by atoms with van der Waals surface area (Å²) in [6, 6.07) is 0.313. The van der Waals surface area contributed by atoms with E-state index < -0.39 is 10.0 Å². The minimum Gasteiger partial charge on any atom is -0.375 e. The van der Waals surface area contributed by atoms with Crippen LogP contribution in [0.2, 0.25) is 0 Å². The van der Waals surface area contributed by atoms with Crippen molar-refractivity contribution in [3.8, 4) is 0 Å². The zero-order valence-corrected chi connectivity index (χ0v) is 14.1. The average Bonchev–Trinajstić information content (AvgIpc) is 2.95. The Kier molecular flexibility index (Phi) is 4.05. The smallest absolute Gasteiger partial charge is 0.250 e. The molecule has 8 heteroatoms. The van der Waals surface area contributed by atoms with Gasteiger partial charge in [0.25, 0.3) is 10.0 Å². The number of hydrogen-bond acceptors (Lipinski definition) is 6. The highest BCUT2D eigenvalue weighted by Crippen LogP contribution is 2.29. The van der Waals surface area contributed by atoms with Gasteiger partial charge in [-0.3, -0.25) is 4.90 Å². The lowest BCUT2D eigenvalue weighted by Crippen LogP contribution is -2.52. The van der Waals surface area contributed by atoms with E-state index in [2.05, 4.69) is 23.8 Å². The second-order valence-electron chi connectivity index (χ2n) is 6.74. The molecular formula is C14H24N4O3S. The topological polar surface area (TPSA) is 90.5 Å². The van der Waals surface area contributed by atoms with Crippen molar-refractivity contribution in [1.29, 1.82) is 0 Å². The number of ether oxygens (including phenoxy) is 1. The van der Waals surface area contributed by atoms with Gasteiger partial charge < -0.3 is 10.5 Å². The van der Waals surface area contributed by atoms with Crippen molar-refractivity contribution in [3.63, 3.8) is 0 Å². The van der Waals surface area contributed by atoms with Gasteiger partial charge in [-0.05, 0) is 12.3 Å². The molecule has 3 atom stereocenters. The normalized spacial score (nSPS) is 30.0. The fraction of sp³-hybridized carbons (Fsp3) is 0.786. The van der Waals surface area contributed by atoms with Gasteiger partial charge in [0.1, 0.15) is 0 Å². The molecular weight excluding hydrogens is 304 g/mol. The lowest BCUT2D eigenvalue weighted by Gasteiger charge is -2.40. The lowest BCUT2D eigenvalue weighted by molar-refractivity contribution is -0.0691. The Bertz CT molecular complexity index is 632. The summed E-state index contributed by atoms with van der Waals surface area (Å²) in [4.78, 5) is 2.28. The van der Waals surface area contributed by atoms with Gasteiger partial charge in [0.2, 0.25) is 0 Å². The molecule has 3 heterocycles. The molecule has 7 nitrogen and oxygen atoms in total. The molecule has 2 N–H and O–H groups in total. The fourth-order valence-electron chi connectivity index (χ4n) is 3.38. The van der Waals surface area contributed by atoms with E-state index in [1.807, 2.05) is 0 Å². The summed E-state index contributed by atoms with van der Waals surface area (Å²) in [6.45, 7) is 6.30. The molecule has 0 saturated carbocycles. The van der Waals surface area contributed by atoms with Crippen LogP contribution in [0.25, 0.3) is 0 Å². The van der Waals surface area contributed by atoms with E-state index in [9.17, 15) is 8.42 Å². The van der Waals surface area contributed by atoms with E-state index >= 15 is 0 Å². The first-order valence-corrected chi connectivity index (χ1v) is 9.49. The lowest BCUT2D eigenvalue weighted by atomic mass is 9.92. The predicted molar refractivity (Wildman–Crippen MR) is 82.7 cm³/mol. The van der Waals surface area contributed by atoms with Gasteiger partial charge >= 0.3 is 0 Å². The molecule has 124 valence electrons. The van der Waals surface area contributed by atoms with Crippen LogP contribution in [-0.4, -0.2) is 53.6 Å². The van der Waals surface area contributed by atoms with E-state index in [1.165, 1.54) is 0 Å². The number of nitrogens with two attached hydrogens (primary N) is 1. The van der Waals surface area contributed by atoms with Crippen LogP contribution in [0.4, 0.5) is 0 Å². The SMILES string of the molecule is CC(C)C1OCC(N2Cc3cn(S(C)(=O)=O)nc3C2)CC1N. The van der Waals surface area contributed by atoms with Crippen LogP contribution in [0.15, 0.2) is 6.20 Å². The molecule has 3 unspecified atom stereocenters. The third kappa shape index (κ3) is 2.92. The first-order valence-electron chi connectivity index (χ1n) is 7.65. The van der Waals surface area contributed by atoms with Gasteiger partial charge in [-0.25, -0.2) is 8.42 Å². The zero-order chi connectivity index (χ0) is 16.1. The molecule has 1 aromatic rings. The summed E-state index contributed by atoms with van der Waals surface area (Å²) in [5, 5.41) is 4.18. The average molecular weight is 328 g/mol. The van der Waals surface area contributed by atoms with Crippen molar-refractivity contribution < 1.29 is 13.2 Å². The molecule has 0 bridgehead atoms. The number of fused-ring (bicyclic) bond motifs is 1. The molecule has 1 fully saturated rings. The molecule has 0 aliphatic carbocycles. The highest BCUT2D eigenvalue weighted by atomic mass is 32.2. The summed E-state index contributed by atoms with van der Waals surface area (Å²) in [7, 11) is -3.31. The van der Waals surface area contributed by atoms with Gasteiger partial charge in [-0.15, -0.1) is 0 Å². The summed E-state index contributed by atoms with van der Waals surface area (Å²) in [5.41, 5.74) is 8.06. The highest BCUT2D eigenvalue weighted by Gasteiger charge is 2.36. The van der Waals surface area contributed by atoms with Crippen LogP contribution in [-0.2, 0) is 27.8 Å². The van der Waals surface area contributed by atoms with Crippen LogP contribution in [0.5, 0.6) is 0 Å². The van der Waals surface area contributed by atoms with E-state index in [0.717, 1.165) is 28.0 Å². The van der Waals surface area contributed by atoms with Gasteiger partial charge in [0.15, 0.2) is 0 Å². The summed E-state index contributed by atoms with van der Waals surface area (Å²) < 4.78 is 30.0. The Morgan fingerprint density at radius 1 is 1.41 bits per heavy atom. The molecule has 1 saturated heterocycles. The molecule has 3 rings (SSSR count). The summed E-state index contributed by atoms with van der Waals surface area (Å²) in [5.74, 6) is 0.421. The monoisotopic (exact) mass is 328 g/mol. The fourth-order valence-corrected chi connectivity index (χ4v) is 3.95. The van der Waals surface area contributed by atoms with E-state index in [0.29, 0.717) is 25.6 Å². The third-order valence-electron chi connectivity index (χ3n) is 4.54. The van der Waals surface area contributed by atoms with Gasteiger partial charge in [0, 0.05) is 36.9 Å². The molecule has 22 heavy (non-hydrogen) atoms. The van der Waals surface area contributed by atoms with E-state index in [-0.39, 0.29) is 18.2 Å². The van der Waals surface area contributed by atoms with Crippen molar-refractivity contribution in [2.24, 2.45) is 11.7 Å². The van der Waals surface area contributed by atoms with E-state index in [4.69, 9.17) is 10.5 Å². The highest BCUT2D eigenvalue weighted by molar-refractivity contribution is 7.89. The first-order chi connectivity index (χ1) is 10.3. The predicted octanol–water partition coefficient (Wildman–Crippen LogP) is 0.147. The number of nitrogens with zero attached hydrogens (tertiary/aromatic N) is 3. The van der Waals surface area contributed by atoms with Crippen LogP contribution >= 0.6 is 0 Å². The number of aromatic nitrogens is 2. The molecule has 0 aromatic carbocycles. The van der Waals surface area contributed by atoms with Gasteiger partial charge in [-0.1, -0.05) is 13.8 Å². The summed E-state index contributed by atoms with van der Waals surface area (Å²) in [6.07, 6.45) is 3.80. The van der Waals surface area contributed by atoms with Gasteiger partial charge in [-0.2, -0.15) is 9.19 Å². The summed E-state index contributed by atoms with van der Waals surface area (Å²) >= 11 is 0. The number of rotatable bonds is 3. The van der Waals surface area contributed by atoms with Crippen LogP contribution in [0, 0.1) is 5.92 Å². The molecule has 1 aromatic heterocycles. The molecule has 2 aliphatic rings. The molecule has 0 spiro atoms. The maximum atomic E-state index is 11.5. The molecule has 0 amide bonds. The minimum atomic E-state index is -3.31. The van der Waals surface area contributed by atoms with Crippen LogP contribution in [0.3, 0.4) is 0 Å². The first kappa shape index (κ1) is 15.9. The van der Waals surface area contributed by atoms with E-state index in [1.54, 1.807) is 6.20 Å². The standard InChI is InChI=1S/C14H24N4O3S/c1-9(2)14-12(15)4-11(8-21-14)17-5-10-6-18(22(3,19)20)16-13(10)7-17/h6,9,11-12,14H,4-5,7-8,15H2,1-3H3. The Hall–Kier alpha value is -0.960. The minimum absolute atomic E-state index is 0.0441. The third-order valence-corrected chi connectivity index (χ3v) is 5.41. The van der Waals surface area contributed by atoms with Crippen molar-refractivity contribution in [2.75, 3.05) is 12.9 Å². The van der Waals surface area contributed by atoms with Crippen molar-refractivity contribution in [1.82, 2.24) is 14.1 Å². The van der Waals surface area contributed by atoms with Crippen molar-refractivity contribution in [2.45, 2.75) is 51.5 Å². The quantitative estimate of drug-likeness (QED) is 0.849. The second kappa shape index (κ2) is 5.59. The maximum Gasteiger partial charge on any atom is 0.250 e. The van der Waals surface area contributed by atoms with Crippen LogP contribution in [0.1, 0.15) is 31.5 Å². The maximum absolute atomic E-state index is 11.5. The number of hydrogen-bond donors (Lipinski definition) is 1. The Morgan fingerprint density at radius 2 is 2.14 bits per heavy atom. The van der Waals surface area contributed by atoms with Crippen molar-refractivity contribution in [3.05, 3.63) is 17.5 Å². The molecule has 0 radical (unpaired) electrons. The largest absolute Gasteiger partial charge is 0.375 e.